The van der Waals surface area contributed by atoms with Crippen LogP contribution in [0.15, 0.2) is 48.5 Å². The highest BCUT2D eigenvalue weighted by atomic mass is 16.5. The number of benzene rings is 2. The van der Waals surface area contributed by atoms with Crippen molar-refractivity contribution in [3.8, 4) is 17.1 Å². The number of ether oxygens (including phenoxy) is 1. The third-order valence-corrected chi connectivity index (χ3v) is 3.30. The number of hydrogen-bond acceptors (Lipinski definition) is 5. The summed E-state index contributed by atoms with van der Waals surface area (Å²) < 4.78 is 5.09. The fourth-order valence-corrected chi connectivity index (χ4v) is 2.12. The molecule has 0 saturated heterocycles. The molecule has 0 radical (unpaired) electrons. The van der Waals surface area contributed by atoms with Gasteiger partial charge in [0.25, 0.3) is 0 Å². The highest BCUT2D eigenvalue weighted by Gasteiger charge is 2.06. The van der Waals surface area contributed by atoms with Gasteiger partial charge in [-0.15, -0.1) is 10.2 Å². The van der Waals surface area contributed by atoms with Crippen molar-refractivity contribution in [1.82, 2.24) is 20.6 Å². The van der Waals surface area contributed by atoms with Crippen molar-refractivity contribution in [3.05, 3.63) is 54.1 Å². The van der Waals surface area contributed by atoms with Gasteiger partial charge in [0.05, 0.1) is 13.5 Å². The molecule has 116 valence electrons. The third kappa shape index (κ3) is 3.70. The molecular weight excluding hydrogens is 294 g/mol. The van der Waals surface area contributed by atoms with Crippen molar-refractivity contribution < 1.29 is 9.53 Å². The van der Waals surface area contributed by atoms with Crippen molar-refractivity contribution in [2.75, 3.05) is 12.4 Å². The van der Waals surface area contributed by atoms with E-state index < -0.39 is 0 Å². The van der Waals surface area contributed by atoms with Crippen LogP contribution in [0.5, 0.6) is 5.75 Å². The molecule has 2 aromatic carbocycles. The SMILES string of the molecule is COc1ccc(CC(=O)Nc2ccc(-c3nn[nH]n3)cc2)cc1. The average molecular weight is 309 g/mol. The molecule has 23 heavy (non-hydrogen) atoms. The van der Waals surface area contributed by atoms with E-state index >= 15 is 0 Å². The third-order valence-electron chi connectivity index (χ3n) is 3.30. The van der Waals surface area contributed by atoms with Gasteiger partial charge in [0, 0.05) is 11.3 Å². The van der Waals surface area contributed by atoms with E-state index in [0.717, 1.165) is 22.6 Å². The Bertz CT molecular complexity index is 767. The van der Waals surface area contributed by atoms with Crippen LogP contribution in [0.25, 0.3) is 11.4 Å². The van der Waals surface area contributed by atoms with E-state index in [0.29, 0.717) is 12.2 Å². The van der Waals surface area contributed by atoms with Crippen LogP contribution in [0, 0.1) is 0 Å². The van der Waals surface area contributed by atoms with E-state index in [2.05, 4.69) is 25.9 Å². The molecule has 0 unspecified atom stereocenters. The summed E-state index contributed by atoms with van der Waals surface area (Å²) in [4.78, 5) is 12.1. The number of hydrogen-bond donors (Lipinski definition) is 2. The first-order valence-corrected chi connectivity index (χ1v) is 7.01. The lowest BCUT2D eigenvalue weighted by Gasteiger charge is -2.06. The molecule has 3 rings (SSSR count). The zero-order valence-corrected chi connectivity index (χ0v) is 12.5. The minimum absolute atomic E-state index is 0.0810. The number of tetrazole rings is 1. The minimum Gasteiger partial charge on any atom is -0.497 e. The molecule has 0 bridgehead atoms. The monoisotopic (exact) mass is 309 g/mol. The van der Waals surface area contributed by atoms with Crippen LogP contribution in [-0.4, -0.2) is 33.6 Å². The van der Waals surface area contributed by atoms with E-state index in [1.54, 1.807) is 19.2 Å². The first kappa shape index (κ1) is 14.7. The summed E-state index contributed by atoms with van der Waals surface area (Å²) in [6.07, 6.45) is 0.302. The maximum Gasteiger partial charge on any atom is 0.228 e. The van der Waals surface area contributed by atoms with Crippen LogP contribution >= 0.6 is 0 Å². The number of H-pyrrole nitrogens is 1. The Morgan fingerprint density at radius 3 is 2.48 bits per heavy atom. The molecule has 0 aliphatic rings. The van der Waals surface area contributed by atoms with E-state index in [-0.39, 0.29) is 5.91 Å². The highest BCUT2D eigenvalue weighted by molar-refractivity contribution is 5.92. The summed E-state index contributed by atoms with van der Waals surface area (Å²) in [5.74, 6) is 1.20. The van der Waals surface area contributed by atoms with Crippen molar-refractivity contribution in [2.45, 2.75) is 6.42 Å². The largest absolute Gasteiger partial charge is 0.497 e. The summed E-state index contributed by atoms with van der Waals surface area (Å²) in [6, 6.07) is 14.7. The molecule has 0 aliphatic carbocycles. The first-order valence-electron chi connectivity index (χ1n) is 7.01. The molecule has 7 heteroatoms. The minimum atomic E-state index is -0.0810. The number of nitrogens with zero attached hydrogens (tertiary/aromatic N) is 3. The Kier molecular flexibility index (Phi) is 4.28. The molecule has 1 amide bonds. The fraction of sp³-hybridized carbons (Fsp3) is 0.125. The van der Waals surface area contributed by atoms with Crippen molar-refractivity contribution in [3.63, 3.8) is 0 Å². The van der Waals surface area contributed by atoms with Crippen LogP contribution in [-0.2, 0) is 11.2 Å². The number of rotatable bonds is 5. The van der Waals surface area contributed by atoms with Crippen LogP contribution in [0.3, 0.4) is 0 Å². The van der Waals surface area contributed by atoms with Gasteiger partial charge in [-0.25, -0.2) is 0 Å². The number of aromatic amines is 1. The Hall–Kier alpha value is -3.22. The molecule has 0 saturated carbocycles. The van der Waals surface area contributed by atoms with Crippen molar-refractivity contribution in [2.24, 2.45) is 0 Å². The second-order valence-corrected chi connectivity index (χ2v) is 4.89. The van der Waals surface area contributed by atoms with Crippen molar-refractivity contribution in [1.29, 1.82) is 0 Å². The van der Waals surface area contributed by atoms with Gasteiger partial charge in [0.2, 0.25) is 11.7 Å². The second kappa shape index (κ2) is 6.69. The number of carbonyl (C=O) groups excluding carboxylic acids is 1. The molecule has 0 fully saturated rings. The molecular formula is C16H15N5O2. The van der Waals surface area contributed by atoms with Gasteiger partial charge >= 0.3 is 0 Å². The predicted octanol–water partition coefficient (Wildman–Crippen LogP) is 2.06. The quantitative estimate of drug-likeness (QED) is 0.752. The molecule has 7 nitrogen and oxygen atoms in total. The summed E-state index contributed by atoms with van der Waals surface area (Å²) in [5, 5.41) is 16.6. The van der Waals surface area contributed by atoms with E-state index in [1.807, 2.05) is 36.4 Å². The average Bonchev–Trinajstić information content (AvgIpc) is 3.11. The summed E-state index contributed by atoms with van der Waals surface area (Å²) in [7, 11) is 1.61. The van der Waals surface area contributed by atoms with E-state index in [4.69, 9.17) is 4.74 Å². The zero-order valence-electron chi connectivity index (χ0n) is 12.5. The van der Waals surface area contributed by atoms with Crippen LogP contribution in [0.1, 0.15) is 5.56 Å². The Morgan fingerprint density at radius 2 is 1.87 bits per heavy atom. The molecule has 1 aromatic heterocycles. The number of carbonyl (C=O) groups is 1. The molecule has 2 N–H and O–H groups in total. The summed E-state index contributed by atoms with van der Waals surface area (Å²) >= 11 is 0. The molecule has 0 spiro atoms. The Morgan fingerprint density at radius 1 is 1.13 bits per heavy atom. The van der Waals surface area contributed by atoms with Gasteiger partial charge < -0.3 is 10.1 Å². The number of amides is 1. The Labute approximate surface area is 132 Å². The molecule has 0 aliphatic heterocycles. The van der Waals surface area contributed by atoms with Crippen LogP contribution < -0.4 is 10.1 Å². The van der Waals surface area contributed by atoms with E-state index in [9.17, 15) is 4.79 Å². The molecule has 3 aromatic rings. The number of anilines is 1. The Balaban J connectivity index is 1.61. The fourth-order valence-electron chi connectivity index (χ4n) is 2.12. The molecule has 0 atom stereocenters. The van der Waals surface area contributed by atoms with Crippen LogP contribution in [0.2, 0.25) is 0 Å². The second-order valence-electron chi connectivity index (χ2n) is 4.89. The smallest absolute Gasteiger partial charge is 0.228 e. The van der Waals surface area contributed by atoms with E-state index in [1.165, 1.54) is 0 Å². The summed E-state index contributed by atoms with van der Waals surface area (Å²) in [5.41, 5.74) is 2.47. The maximum atomic E-state index is 12.1. The number of aromatic nitrogens is 4. The first-order chi connectivity index (χ1) is 11.2. The van der Waals surface area contributed by atoms with Gasteiger partial charge in [-0.2, -0.15) is 5.21 Å². The van der Waals surface area contributed by atoms with Gasteiger partial charge in [-0.05, 0) is 47.2 Å². The van der Waals surface area contributed by atoms with Gasteiger partial charge in [-0.3, -0.25) is 4.79 Å². The molecule has 1 heterocycles. The topological polar surface area (TPSA) is 92.8 Å². The maximum absolute atomic E-state index is 12.1. The van der Waals surface area contributed by atoms with Gasteiger partial charge in [0.1, 0.15) is 5.75 Å². The summed E-state index contributed by atoms with van der Waals surface area (Å²) in [6.45, 7) is 0. The highest BCUT2D eigenvalue weighted by Crippen LogP contribution is 2.17. The van der Waals surface area contributed by atoms with Gasteiger partial charge in [-0.1, -0.05) is 12.1 Å². The zero-order chi connectivity index (χ0) is 16.1. The number of methoxy groups -OCH3 is 1. The predicted molar refractivity (Wildman–Crippen MR) is 84.9 cm³/mol. The lowest BCUT2D eigenvalue weighted by molar-refractivity contribution is -0.115. The number of nitrogens with one attached hydrogen (secondary N) is 2. The normalized spacial score (nSPS) is 10.3. The lowest BCUT2D eigenvalue weighted by atomic mass is 10.1. The van der Waals surface area contributed by atoms with Crippen LogP contribution in [0.4, 0.5) is 5.69 Å². The lowest BCUT2D eigenvalue weighted by Crippen LogP contribution is -2.14. The van der Waals surface area contributed by atoms with Crippen molar-refractivity contribution >= 4 is 11.6 Å². The standard InChI is InChI=1S/C16H15N5O2/c1-23-14-8-2-11(3-9-14)10-15(22)17-13-6-4-12(5-7-13)16-18-20-21-19-16/h2-9H,10H2,1H3,(H,17,22)(H,18,19,20,21). The van der Waals surface area contributed by atoms with Gasteiger partial charge in [0.15, 0.2) is 0 Å².